The van der Waals surface area contributed by atoms with Crippen molar-refractivity contribution in [1.29, 1.82) is 0 Å². The first kappa shape index (κ1) is 22.0. The van der Waals surface area contributed by atoms with E-state index in [1.165, 1.54) is 4.90 Å². The minimum Gasteiger partial charge on any atom is -0.332 e. The van der Waals surface area contributed by atoms with Crippen LogP contribution in [0.1, 0.15) is 40.5 Å². The van der Waals surface area contributed by atoms with Crippen molar-refractivity contribution >= 4 is 40.1 Å². The lowest BCUT2D eigenvalue weighted by Crippen LogP contribution is -2.35. The number of carbonyl (C=O) groups excluding carboxylic acids is 2. The van der Waals surface area contributed by atoms with Gasteiger partial charge >= 0.3 is 0 Å². The van der Waals surface area contributed by atoms with Crippen molar-refractivity contribution in [2.45, 2.75) is 25.7 Å². The Labute approximate surface area is 201 Å². The van der Waals surface area contributed by atoms with Gasteiger partial charge in [0.05, 0.1) is 33.9 Å². The molecule has 172 valence electrons. The lowest BCUT2D eigenvalue weighted by molar-refractivity contribution is -0.116. The van der Waals surface area contributed by atoms with Crippen molar-refractivity contribution in [2.24, 2.45) is 0 Å². The van der Waals surface area contributed by atoms with E-state index in [1.807, 2.05) is 31.2 Å². The first-order chi connectivity index (χ1) is 16.4. The number of aryl methyl sites for hydroxylation is 1. The van der Waals surface area contributed by atoms with E-state index in [2.05, 4.69) is 15.4 Å². The molecule has 3 heterocycles. The summed E-state index contributed by atoms with van der Waals surface area (Å²) in [6, 6.07) is 14.4. The molecule has 8 nitrogen and oxygen atoms in total. The minimum atomic E-state index is -0.336. The lowest BCUT2D eigenvalue weighted by Gasteiger charge is -2.18. The second kappa shape index (κ2) is 8.87. The molecular formula is C25H23ClN6O2. The third-order valence-electron chi connectivity index (χ3n) is 5.80. The van der Waals surface area contributed by atoms with E-state index in [0.29, 0.717) is 44.7 Å². The average molecular weight is 475 g/mol. The van der Waals surface area contributed by atoms with Crippen molar-refractivity contribution in [3.8, 4) is 5.82 Å². The molecule has 1 saturated carbocycles. The van der Waals surface area contributed by atoms with Gasteiger partial charge in [0.2, 0.25) is 5.91 Å². The van der Waals surface area contributed by atoms with Gasteiger partial charge in [-0.2, -0.15) is 9.78 Å². The first-order valence-corrected chi connectivity index (χ1v) is 11.4. The summed E-state index contributed by atoms with van der Waals surface area (Å²) in [5.41, 5.74) is 3.12. The minimum absolute atomic E-state index is 0.125. The molecule has 1 aromatic carbocycles. The highest BCUT2D eigenvalue weighted by atomic mass is 35.5. The van der Waals surface area contributed by atoms with Crippen molar-refractivity contribution in [3.63, 3.8) is 0 Å². The molecule has 1 aliphatic rings. The zero-order valence-electron chi connectivity index (χ0n) is 18.8. The van der Waals surface area contributed by atoms with Crippen LogP contribution in [0, 0.1) is 6.92 Å². The van der Waals surface area contributed by atoms with Gasteiger partial charge in [0, 0.05) is 24.9 Å². The molecule has 1 aliphatic carbocycles. The summed E-state index contributed by atoms with van der Waals surface area (Å²) in [7, 11) is 1.61. The summed E-state index contributed by atoms with van der Waals surface area (Å²) >= 11 is 6.14. The molecule has 0 bridgehead atoms. The Kier molecular flexibility index (Phi) is 5.75. The molecule has 5 rings (SSSR count). The second-order valence-electron chi connectivity index (χ2n) is 8.44. The predicted molar refractivity (Wildman–Crippen MR) is 130 cm³/mol. The molecule has 0 unspecified atom stereocenters. The van der Waals surface area contributed by atoms with Crippen LogP contribution in [0.4, 0.5) is 5.69 Å². The highest BCUT2D eigenvalue weighted by molar-refractivity contribution is 6.33. The topological polar surface area (TPSA) is 93.0 Å². The number of nitrogens with one attached hydrogen (secondary N) is 1. The van der Waals surface area contributed by atoms with Crippen LogP contribution in [0.5, 0.6) is 0 Å². The van der Waals surface area contributed by atoms with E-state index in [4.69, 9.17) is 16.6 Å². The van der Waals surface area contributed by atoms with E-state index in [9.17, 15) is 9.59 Å². The standard InChI is InChI=1S/C25H23ClN6O2/c1-15-23-17(25(34)31(2)14-22(33)28-19-8-4-3-7-18(19)26)13-20(16-10-11-16)29-24(23)32(30-15)21-9-5-6-12-27-21/h3-9,12-13,16H,10-11,14H2,1-2H3,(H,28,33). The van der Waals surface area contributed by atoms with E-state index < -0.39 is 0 Å². The van der Waals surface area contributed by atoms with Crippen LogP contribution < -0.4 is 5.32 Å². The predicted octanol–water partition coefficient (Wildman–Crippen LogP) is 4.37. The third kappa shape index (κ3) is 4.24. The SMILES string of the molecule is Cc1nn(-c2ccccn2)c2nc(C3CC3)cc(C(=O)N(C)CC(=O)Nc3ccccc3Cl)c12. The van der Waals surface area contributed by atoms with Gasteiger partial charge in [-0.25, -0.2) is 9.97 Å². The number of amides is 2. The Morgan fingerprint density at radius 3 is 2.65 bits per heavy atom. The molecular weight excluding hydrogens is 452 g/mol. The summed E-state index contributed by atoms with van der Waals surface area (Å²) in [5, 5.41) is 8.50. The van der Waals surface area contributed by atoms with Crippen LogP contribution in [0.2, 0.25) is 5.02 Å². The fourth-order valence-electron chi connectivity index (χ4n) is 3.95. The molecule has 0 aliphatic heterocycles. The zero-order chi connectivity index (χ0) is 23.8. The number of hydrogen-bond acceptors (Lipinski definition) is 5. The number of carbonyl (C=O) groups is 2. The Bertz CT molecular complexity index is 1400. The summed E-state index contributed by atoms with van der Waals surface area (Å²) < 4.78 is 1.68. The van der Waals surface area contributed by atoms with E-state index >= 15 is 0 Å². The number of benzene rings is 1. The molecule has 3 aromatic heterocycles. The normalized spacial score (nSPS) is 13.1. The summed E-state index contributed by atoms with van der Waals surface area (Å²) in [5.74, 6) is 0.355. The molecule has 1 N–H and O–H groups in total. The molecule has 0 atom stereocenters. The van der Waals surface area contributed by atoms with E-state index in [1.54, 1.807) is 42.2 Å². The highest BCUT2D eigenvalue weighted by Crippen LogP contribution is 2.40. The van der Waals surface area contributed by atoms with Gasteiger partial charge in [-0.15, -0.1) is 0 Å². The van der Waals surface area contributed by atoms with Crippen LogP contribution in [0.15, 0.2) is 54.7 Å². The molecule has 0 saturated heterocycles. The Morgan fingerprint density at radius 1 is 1.18 bits per heavy atom. The van der Waals surface area contributed by atoms with Crippen molar-refractivity contribution < 1.29 is 9.59 Å². The number of halogens is 1. The molecule has 9 heteroatoms. The van der Waals surface area contributed by atoms with Gasteiger partial charge in [-0.05, 0) is 50.1 Å². The third-order valence-corrected chi connectivity index (χ3v) is 6.13. The van der Waals surface area contributed by atoms with Crippen LogP contribution in [0.3, 0.4) is 0 Å². The maximum absolute atomic E-state index is 13.5. The van der Waals surface area contributed by atoms with Gasteiger partial charge < -0.3 is 10.2 Å². The number of pyridine rings is 2. The van der Waals surface area contributed by atoms with Gasteiger partial charge in [0.1, 0.15) is 0 Å². The quantitative estimate of drug-likeness (QED) is 0.448. The largest absolute Gasteiger partial charge is 0.332 e. The molecule has 0 radical (unpaired) electrons. The smallest absolute Gasteiger partial charge is 0.254 e. The van der Waals surface area contributed by atoms with Gasteiger partial charge in [0.15, 0.2) is 11.5 Å². The molecule has 2 amide bonds. The monoisotopic (exact) mass is 474 g/mol. The number of nitrogens with zero attached hydrogens (tertiary/aromatic N) is 5. The van der Waals surface area contributed by atoms with Gasteiger partial charge in [-0.1, -0.05) is 29.8 Å². The van der Waals surface area contributed by atoms with E-state index in [-0.39, 0.29) is 18.4 Å². The average Bonchev–Trinajstić information content (AvgIpc) is 3.63. The van der Waals surface area contributed by atoms with Crippen molar-refractivity contribution in [3.05, 3.63) is 76.7 Å². The van der Waals surface area contributed by atoms with Gasteiger partial charge in [-0.3, -0.25) is 9.59 Å². The number of fused-ring (bicyclic) bond motifs is 1. The zero-order valence-corrected chi connectivity index (χ0v) is 19.6. The molecule has 4 aromatic rings. The number of para-hydroxylation sites is 1. The summed E-state index contributed by atoms with van der Waals surface area (Å²) in [6.45, 7) is 1.72. The molecule has 0 spiro atoms. The fourth-order valence-corrected chi connectivity index (χ4v) is 4.13. The van der Waals surface area contributed by atoms with Crippen LogP contribution in [-0.2, 0) is 4.79 Å². The van der Waals surface area contributed by atoms with Gasteiger partial charge in [0.25, 0.3) is 5.91 Å². The molecule has 34 heavy (non-hydrogen) atoms. The van der Waals surface area contributed by atoms with Crippen molar-refractivity contribution in [2.75, 3.05) is 18.9 Å². The number of hydrogen-bond donors (Lipinski definition) is 1. The summed E-state index contributed by atoms with van der Waals surface area (Å²) in [4.78, 5) is 36.8. The van der Waals surface area contributed by atoms with Crippen LogP contribution in [0.25, 0.3) is 16.9 Å². The van der Waals surface area contributed by atoms with Crippen LogP contribution in [-0.4, -0.2) is 50.1 Å². The lowest BCUT2D eigenvalue weighted by atomic mass is 10.1. The maximum Gasteiger partial charge on any atom is 0.254 e. The van der Waals surface area contributed by atoms with Crippen LogP contribution >= 0.6 is 11.6 Å². The maximum atomic E-state index is 13.5. The summed E-state index contributed by atoms with van der Waals surface area (Å²) in [6.07, 6.45) is 3.78. The Morgan fingerprint density at radius 2 is 1.94 bits per heavy atom. The Hall–Kier alpha value is -3.78. The Balaban J connectivity index is 1.48. The number of anilines is 1. The number of rotatable bonds is 6. The van der Waals surface area contributed by atoms with Crippen molar-refractivity contribution in [1.82, 2.24) is 24.6 Å². The first-order valence-electron chi connectivity index (χ1n) is 11.0. The highest BCUT2D eigenvalue weighted by Gasteiger charge is 2.30. The fraction of sp³-hybridized carbons (Fsp3) is 0.240. The number of likely N-dealkylation sites (N-methyl/N-ethyl adjacent to an activating group) is 1. The van der Waals surface area contributed by atoms with E-state index in [0.717, 1.165) is 18.5 Å². The second-order valence-corrected chi connectivity index (χ2v) is 8.85. The molecule has 1 fully saturated rings. The number of aromatic nitrogens is 4.